The lowest BCUT2D eigenvalue weighted by molar-refractivity contribution is 0.585. The summed E-state index contributed by atoms with van der Waals surface area (Å²) in [5, 5.41) is 3.28. The second-order valence-corrected chi connectivity index (χ2v) is 4.74. The Balaban J connectivity index is 1.97. The highest BCUT2D eigenvalue weighted by Crippen LogP contribution is 2.25. The highest BCUT2D eigenvalue weighted by atomic mass is 19.1. The number of nitrogens with one attached hydrogen (secondary N) is 1. The van der Waals surface area contributed by atoms with Crippen molar-refractivity contribution in [1.29, 1.82) is 0 Å². The number of aromatic nitrogens is 2. The van der Waals surface area contributed by atoms with E-state index in [9.17, 15) is 4.39 Å². The summed E-state index contributed by atoms with van der Waals surface area (Å²) in [7, 11) is 0. The van der Waals surface area contributed by atoms with Crippen LogP contribution in [0.4, 0.5) is 16.0 Å². The number of anilines is 2. The van der Waals surface area contributed by atoms with Crippen LogP contribution in [-0.4, -0.2) is 36.1 Å². The molecule has 1 aliphatic heterocycles. The van der Waals surface area contributed by atoms with Gasteiger partial charge in [0.1, 0.15) is 5.82 Å². The third kappa shape index (κ3) is 2.70. The van der Waals surface area contributed by atoms with Crippen LogP contribution < -0.4 is 16.0 Å². The standard InChI is InChI=1S/C14H16FN5/c15-11-7-10(13-1-2-18-14(16)19-13)8-12(9-11)20-5-3-17-4-6-20/h1-2,7-9,17H,3-6H2,(H2,16,18,19). The number of hydrogen-bond acceptors (Lipinski definition) is 5. The Morgan fingerprint density at radius 1 is 1.20 bits per heavy atom. The van der Waals surface area contributed by atoms with Crippen LogP contribution in [0.5, 0.6) is 0 Å². The molecule has 0 atom stereocenters. The fourth-order valence-corrected chi connectivity index (χ4v) is 2.36. The van der Waals surface area contributed by atoms with Gasteiger partial charge in [0.05, 0.1) is 5.69 Å². The molecule has 6 heteroatoms. The molecule has 3 rings (SSSR count). The molecule has 2 heterocycles. The van der Waals surface area contributed by atoms with E-state index in [2.05, 4.69) is 20.2 Å². The van der Waals surface area contributed by atoms with E-state index in [0.29, 0.717) is 11.3 Å². The van der Waals surface area contributed by atoms with Gasteiger partial charge in [0, 0.05) is 43.6 Å². The molecule has 0 unspecified atom stereocenters. The first kappa shape index (κ1) is 12.8. The van der Waals surface area contributed by atoms with Gasteiger partial charge in [0.25, 0.3) is 0 Å². The third-order valence-corrected chi connectivity index (χ3v) is 3.33. The predicted molar refractivity (Wildman–Crippen MR) is 76.9 cm³/mol. The van der Waals surface area contributed by atoms with Crippen LogP contribution in [0.1, 0.15) is 0 Å². The van der Waals surface area contributed by atoms with Crippen LogP contribution >= 0.6 is 0 Å². The molecule has 0 aliphatic carbocycles. The molecule has 0 saturated carbocycles. The molecule has 1 aromatic heterocycles. The molecule has 1 aromatic carbocycles. The van der Waals surface area contributed by atoms with Crippen molar-refractivity contribution in [2.24, 2.45) is 0 Å². The smallest absolute Gasteiger partial charge is 0.220 e. The van der Waals surface area contributed by atoms with E-state index in [1.165, 1.54) is 6.07 Å². The van der Waals surface area contributed by atoms with Crippen LogP contribution in [-0.2, 0) is 0 Å². The summed E-state index contributed by atoms with van der Waals surface area (Å²) in [5.74, 6) is -0.0799. The first-order valence-corrected chi connectivity index (χ1v) is 6.57. The number of nitrogens with zero attached hydrogens (tertiary/aromatic N) is 3. The van der Waals surface area contributed by atoms with E-state index in [-0.39, 0.29) is 11.8 Å². The molecule has 0 bridgehead atoms. The van der Waals surface area contributed by atoms with Gasteiger partial charge in [0.2, 0.25) is 5.95 Å². The maximum atomic E-state index is 13.9. The molecule has 0 amide bonds. The SMILES string of the molecule is Nc1nccc(-c2cc(F)cc(N3CCNCC3)c2)n1. The van der Waals surface area contributed by atoms with Gasteiger partial charge in [0.15, 0.2) is 0 Å². The molecule has 20 heavy (non-hydrogen) atoms. The summed E-state index contributed by atoms with van der Waals surface area (Å²) >= 11 is 0. The van der Waals surface area contributed by atoms with E-state index in [4.69, 9.17) is 5.73 Å². The van der Waals surface area contributed by atoms with Crippen LogP contribution in [0, 0.1) is 5.82 Å². The van der Waals surface area contributed by atoms with Crippen LogP contribution in [0.2, 0.25) is 0 Å². The van der Waals surface area contributed by atoms with Crippen molar-refractivity contribution in [3.8, 4) is 11.3 Å². The first-order valence-electron chi connectivity index (χ1n) is 6.57. The number of benzene rings is 1. The van der Waals surface area contributed by atoms with E-state index in [1.807, 2.05) is 6.07 Å². The van der Waals surface area contributed by atoms with Gasteiger partial charge in [-0.2, -0.15) is 0 Å². The number of nitrogens with two attached hydrogens (primary N) is 1. The van der Waals surface area contributed by atoms with Gasteiger partial charge in [-0.1, -0.05) is 0 Å². The molecule has 1 saturated heterocycles. The molecule has 0 spiro atoms. The Hall–Kier alpha value is -2.21. The first-order chi connectivity index (χ1) is 9.72. The lowest BCUT2D eigenvalue weighted by atomic mass is 10.1. The zero-order chi connectivity index (χ0) is 13.9. The average molecular weight is 273 g/mol. The lowest BCUT2D eigenvalue weighted by Crippen LogP contribution is -2.43. The highest BCUT2D eigenvalue weighted by Gasteiger charge is 2.13. The lowest BCUT2D eigenvalue weighted by Gasteiger charge is -2.29. The van der Waals surface area contributed by atoms with E-state index in [0.717, 1.165) is 31.9 Å². The topological polar surface area (TPSA) is 67.1 Å². The molecule has 1 aliphatic rings. The maximum absolute atomic E-state index is 13.9. The Bertz CT molecular complexity index is 610. The monoisotopic (exact) mass is 273 g/mol. The number of hydrogen-bond donors (Lipinski definition) is 2. The van der Waals surface area contributed by atoms with Crippen molar-refractivity contribution in [1.82, 2.24) is 15.3 Å². The summed E-state index contributed by atoms with van der Waals surface area (Å²) in [4.78, 5) is 10.2. The average Bonchev–Trinajstić information content (AvgIpc) is 2.47. The van der Waals surface area contributed by atoms with Crippen LogP contribution in [0.15, 0.2) is 30.5 Å². The Kier molecular flexibility index (Phi) is 3.47. The molecule has 3 N–H and O–H groups in total. The highest BCUT2D eigenvalue weighted by molar-refractivity contribution is 5.66. The molecular formula is C14H16FN5. The second-order valence-electron chi connectivity index (χ2n) is 4.74. The van der Waals surface area contributed by atoms with Crippen LogP contribution in [0.25, 0.3) is 11.3 Å². The van der Waals surface area contributed by atoms with Crippen molar-refractivity contribution in [2.45, 2.75) is 0 Å². The summed E-state index contributed by atoms with van der Waals surface area (Å²) in [6, 6.07) is 6.69. The molecule has 2 aromatic rings. The van der Waals surface area contributed by atoms with Gasteiger partial charge >= 0.3 is 0 Å². The predicted octanol–water partition coefficient (Wildman–Crippen LogP) is 1.27. The second kappa shape index (κ2) is 5.42. The minimum Gasteiger partial charge on any atom is -0.369 e. The van der Waals surface area contributed by atoms with Gasteiger partial charge in [-0.15, -0.1) is 0 Å². The molecular weight excluding hydrogens is 257 g/mol. The number of nitrogen functional groups attached to an aromatic ring is 1. The van der Waals surface area contributed by atoms with Crippen molar-refractivity contribution in [3.05, 3.63) is 36.3 Å². The Morgan fingerprint density at radius 3 is 2.75 bits per heavy atom. The summed E-state index contributed by atoms with van der Waals surface area (Å²) in [6.07, 6.45) is 1.58. The number of halogens is 1. The molecule has 5 nitrogen and oxygen atoms in total. The fraction of sp³-hybridized carbons (Fsp3) is 0.286. The quantitative estimate of drug-likeness (QED) is 0.862. The normalized spacial score (nSPS) is 15.3. The van der Waals surface area contributed by atoms with Crippen molar-refractivity contribution < 1.29 is 4.39 Å². The van der Waals surface area contributed by atoms with Gasteiger partial charge in [-0.25, -0.2) is 14.4 Å². The fourth-order valence-electron chi connectivity index (χ4n) is 2.36. The minimum absolute atomic E-state index is 0.190. The largest absolute Gasteiger partial charge is 0.369 e. The molecule has 1 fully saturated rings. The van der Waals surface area contributed by atoms with Crippen molar-refractivity contribution >= 4 is 11.6 Å². The van der Waals surface area contributed by atoms with E-state index in [1.54, 1.807) is 18.3 Å². The van der Waals surface area contributed by atoms with Crippen molar-refractivity contribution in [2.75, 3.05) is 36.8 Å². The molecule has 0 radical (unpaired) electrons. The zero-order valence-electron chi connectivity index (χ0n) is 11.0. The van der Waals surface area contributed by atoms with Crippen LogP contribution in [0.3, 0.4) is 0 Å². The zero-order valence-corrected chi connectivity index (χ0v) is 11.0. The third-order valence-electron chi connectivity index (χ3n) is 3.33. The van der Waals surface area contributed by atoms with E-state index < -0.39 is 0 Å². The summed E-state index contributed by atoms with van der Waals surface area (Å²) in [5.41, 5.74) is 7.80. The minimum atomic E-state index is -0.270. The Labute approximate surface area is 116 Å². The number of rotatable bonds is 2. The summed E-state index contributed by atoms with van der Waals surface area (Å²) in [6.45, 7) is 3.56. The molecule has 104 valence electrons. The maximum Gasteiger partial charge on any atom is 0.220 e. The van der Waals surface area contributed by atoms with Gasteiger partial charge in [-0.05, 0) is 24.3 Å². The van der Waals surface area contributed by atoms with Gasteiger partial charge in [-0.3, -0.25) is 0 Å². The summed E-state index contributed by atoms with van der Waals surface area (Å²) < 4.78 is 13.9. The number of piperazine rings is 1. The van der Waals surface area contributed by atoms with Gasteiger partial charge < -0.3 is 16.0 Å². The van der Waals surface area contributed by atoms with Crippen molar-refractivity contribution in [3.63, 3.8) is 0 Å². The Morgan fingerprint density at radius 2 is 2.00 bits per heavy atom. The van der Waals surface area contributed by atoms with E-state index >= 15 is 0 Å².